The summed E-state index contributed by atoms with van der Waals surface area (Å²) in [7, 11) is 0. The molecule has 8 nitrogen and oxygen atoms in total. The Bertz CT molecular complexity index is 1260. The minimum Gasteiger partial charge on any atom is -0.277 e. The van der Waals surface area contributed by atoms with Crippen LogP contribution in [-0.2, 0) is 6.54 Å². The van der Waals surface area contributed by atoms with E-state index in [9.17, 15) is 9.59 Å². The lowest BCUT2D eigenvalue weighted by Crippen LogP contribution is -2.34. The van der Waals surface area contributed by atoms with Gasteiger partial charge < -0.3 is 0 Å². The van der Waals surface area contributed by atoms with Gasteiger partial charge in [0.25, 0.3) is 11.5 Å². The van der Waals surface area contributed by atoms with E-state index < -0.39 is 5.91 Å². The third kappa shape index (κ3) is 3.70. The molecule has 2 heterocycles. The number of fused-ring (bicyclic) bond motifs is 1. The lowest BCUT2D eigenvalue weighted by atomic mass is 10.1. The van der Waals surface area contributed by atoms with Crippen molar-refractivity contribution in [3.63, 3.8) is 0 Å². The van der Waals surface area contributed by atoms with Crippen molar-refractivity contribution in [3.8, 4) is 11.3 Å². The van der Waals surface area contributed by atoms with Crippen molar-refractivity contribution in [1.82, 2.24) is 25.2 Å². The van der Waals surface area contributed by atoms with E-state index in [-0.39, 0.29) is 17.2 Å². The number of halogens is 1. The van der Waals surface area contributed by atoms with Crippen LogP contribution in [0.5, 0.6) is 0 Å². The van der Waals surface area contributed by atoms with Gasteiger partial charge in [0.15, 0.2) is 0 Å². The molecule has 3 N–H and O–H groups in total. The molecule has 0 spiro atoms. The number of hydrazine groups is 1. The van der Waals surface area contributed by atoms with Gasteiger partial charge in [-0.15, -0.1) is 0 Å². The first-order valence-electron chi connectivity index (χ1n) is 8.94. The number of rotatable bonds is 5. The number of H-pyrrole nitrogens is 1. The van der Waals surface area contributed by atoms with Crippen molar-refractivity contribution >= 4 is 34.4 Å². The Morgan fingerprint density at radius 3 is 2.79 bits per heavy atom. The fourth-order valence-corrected chi connectivity index (χ4v) is 3.16. The van der Waals surface area contributed by atoms with E-state index in [1.54, 1.807) is 42.5 Å². The molecule has 0 saturated carbocycles. The van der Waals surface area contributed by atoms with Crippen molar-refractivity contribution in [2.45, 2.75) is 13.5 Å². The fraction of sp³-hybridized carbons (Fsp3) is 0.100. The average molecular weight is 409 g/mol. The standard InChI is InChI=1S/C20H17ClN6O2/c1-2-27-19(29)14-8-3-4-9-15(14)22-20(27)26-25-18(28)17-11-16(23-24-17)12-6-5-7-13(21)10-12/h3-11H,2H2,1H3,(H,22,26)(H,23,24)(H,25,28). The second-order valence-corrected chi connectivity index (χ2v) is 6.69. The van der Waals surface area contributed by atoms with Gasteiger partial charge >= 0.3 is 0 Å². The second kappa shape index (κ2) is 7.76. The topological polar surface area (TPSA) is 105 Å². The number of hydrogen-bond donors (Lipinski definition) is 3. The number of aromatic amines is 1. The molecule has 2 aromatic carbocycles. The third-order valence-corrected chi connectivity index (χ3v) is 4.64. The highest BCUT2D eigenvalue weighted by atomic mass is 35.5. The van der Waals surface area contributed by atoms with Gasteiger partial charge in [-0.1, -0.05) is 35.9 Å². The Labute approximate surface area is 170 Å². The lowest BCUT2D eigenvalue weighted by molar-refractivity contribution is 0.0957. The van der Waals surface area contributed by atoms with Crippen molar-refractivity contribution in [2.24, 2.45) is 0 Å². The maximum absolute atomic E-state index is 12.6. The molecule has 0 saturated heterocycles. The van der Waals surface area contributed by atoms with Gasteiger partial charge in [0.05, 0.1) is 16.6 Å². The fourth-order valence-electron chi connectivity index (χ4n) is 2.97. The summed E-state index contributed by atoms with van der Waals surface area (Å²) in [5, 5.41) is 7.95. The Balaban J connectivity index is 1.55. The molecule has 2 aromatic heterocycles. The number of carbonyl (C=O) groups is 1. The molecular formula is C20H17ClN6O2. The molecule has 4 rings (SSSR count). The van der Waals surface area contributed by atoms with Gasteiger partial charge in [-0.2, -0.15) is 5.10 Å². The minimum absolute atomic E-state index is 0.181. The number of anilines is 1. The first-order valence-corrected chi connectivity index (χ1v) is 9.32. The molecule has 0 aliphatic heterocycles. The van der Waals surface area contributed by atoms with E-state index in [2.05, 4.69) is 26.0 Å². The molecule has 0 fully saturated rings. The molecule has 146 valence electrons. The van der Waals surface area contributed by atoms with Gasteiger partial charge in [-0.05, 0) is 37.3 Å². The largest absolute Gasteiger partial charge is 0.287 e. The normalized spacial score (nSPS) is 10.8. The predicted octanol–water partition coefficient (Wildman–Crippen LogP) is 3.22. The Kier molecular flexibility index (Phi) is 5.01. The van der Waals surface area contributed by atoms with Crippen LogP contribution in [0.2, 0.25) is 5.02 Å². The minimum atomic E-state index is -0.448. The van der Waals surface area contributed by atoms with Crippen molar-refractivity contribution in [3.05, 3.63) is 75.7 Å². The van der Waals surface area contributed by atoms with Crippen LogP contribution in [0.25, 0.3) is 22.2 Å². The second-order valence-electron chi connectivity index (χ2n) is 6.26. The molecule has 9 heteroatoms. The lowest BCUT2D eigenvalue weighted by Gasteiger charge is -2.13. The predicted molar refractivity (Wildman–Crippen MR) is 112 cm³/mol. The number of para-hydroxylation sites is 1. The van der Waals surface area contributed by atoms with Crippen molar-refractivity contribution in [2.75, 3.05) is 5.43 Å². The van der Waals surface area contributed by atoms with Crippen LogP contribution >= 0.6 is 11.6 Å². The number of carbonyl (C=O) groups excluding carboxylic acids is 1. The van der Waals surface area contributed by atoms with Crippen LogP contribution in [0.15, 0.2) is 59.4 Å². The number of benzene rings is 2. The first kappa shape index (κ1) is 18.7. The summed E-state index contributed by atoms with van der Waals surface area (Å²) in [6.45, 7) is 2.23. The zero-order valence-corrected chi connectivity index (χ0v) is 16.2. The van der Waals surface area contributed by atoms with Crippen molar-refractivity contribution in [1.29, 1.82) is 0 Å². The molecule has 0 bridgehead atoms. The van der Waals surface area contributed by atoms with Gasteiger partial charge in [-0.3, -0.25) is 30.1 Å². The van der Waals surface area contributed by atoms with Gasteiger partial charge in [0.2, 0.25) is 5.95 Å². The van der Waals surface area contributed by atoms with Crippen LogP contribution in [0.1, 0.15) is 17.4 Å². The molecule has 0 unspecified atom stereocenters. The molecule has 1 amide bonds. The Morgan fingerprint density at radius 1 is 1.17 bits per heavy atom. The molecule has 29 heavy (non-hydrogen) atoms. The number of nitrogens with zero attached hydrogens (tertiary/aromatic N) is 3. The van der Waals surface area contributed by atoms with E-state index in [0.29, 0.717) is 28.2 Å². The van der Waals surface area contributed by atoms with Crippen LogP contribution in [-0.4, -0.2) is 25.7 Å². The van der Waals surface area contributed by atoms with Gasteiger partial charge in [-0.25, -0.2) is 4.98 Å². The monoisotopic (exact) mass is 408 g/mol. The van der Waals surface area contributed by atoms with Crippen LogP contribution in [0.3, 0.4) is 0 Å². The quantitative estimate of drug-likeness (QED) is 0.440. The SMILES string of the molecule is CCn1c(NNC(=O)c2cc(-c3cccc(Cl)c3)n[nH]2)nc2ccccc2c1=O. The van der Waals surface area contributed by atoms with E-state index >= 15 is 0 Å². The highest BCUT2D eigenvalue weighted by Crippen LogP contribution is 2.21. The molecule has 0 radical (unpaired) electrons. The summed E-state index contributed by atoms with van der Waals surface area (Å²) in [4.78, 5) is 29.5. The van der Waals surface area contributed by atoms with E-state index in [4.69, 9.17) is 11.6 Å². The zero-order valence-electron chi connectivity index (χ0n) is 15.4. The summed E-state index contributed by atoms with van der Waals surface area (Å²) in [6.07, 6.45) is 0. The van der Waals surface area contributed by atoms with E-state index in [1.807, 2.05) is 19.1 Å². The molecule has 0 aliphatic rings. The number of hydrogen-bond acceptors (Lipinski definition) is 5. The molecule has 0 atom stereocenters. The van der Waals surface area contributed by atoms with Crippen LogP contribution < -0.4 is 16.4 Å². The smallest absolute Gasteiger partial charge is 0.277 e. The summed E-state index contributed by atoms with van der Waals surface area (Å²) in [5.74, 6) is -0.199. The number of aromatic nitrogens is 4. The maximum atomic E-state index is 12.6. The van der Waals surface area contributed by atoms with Gasteiger partial charge in [0.1, 0.15) is 5.69 Å². The molecule has 4 aromatic rings. The highest BCUT2D eigenvalue weighted by Gasteiger charge is 2.14. The zero-order chi connectivity index (χ0) is 20.4. The number of nitrogens with one attached hydrogen (secondary N) is 3. The Morgan fingerprint density at radius 2 is 2.00 bits per heavy atom. The van der Waals surface area contributed by atoms with Crippen LogP contribution in [0, 0.1) is 0 Å². The third-order valence-electron chi connectivity index (χ3n) is 4.41. The number of amides is 1. The van der Waals surface area contributed by atoms with Crippen LogP contribution in [0.4, 0.5) is 5.95 Å². The van der Waals surface area contributed by atoms with E-state index in [0.717, 1.165) is 5.56 Å². The highest BCUT2D eigenvalue weighted by molar-refractivity contribution is 6.30. The summed E-state index contributed by atoms with van der Waals surface area (Å²) in [5.41, 5.74) is 7.28. The first-order chi connectivity index (χ1) is 14.1. The summed E-state index contributed by atoms with van der Waals surface area (Å²) < 4.78 is 1.45. The summed E-state index contributed by atoms with van der Waals surface area (Å²) in [6, 6.07) is 15.9. The average Bonchev–Trinajstić information content (AvgIpc) is 3.23. The molecular weight excluding hydrogens is 392 g/mol. The van der Waals surface area contributed by atoms with E-state index in [1.165, 1.54) is 4.57 Å². The Hall–Kier alpha value is -3.65. The van der Waals surface area contributed by atoms with Gasteiger partial charge in [0, 0.05) is 17.1 Å². The summed E-state index contributed by atoms with van der Waals surface area (Å²) >= 11 is 6.00. The van der Waals surface area contributed by atoms with Crippen molar-refractivity contribution < 1.29 is 4.79 Å². The maximum Gasteiger partial charge on any atom is 0.287 e. The molecule has 0 aliphatic carbocycles.